The molecule has 1 saturated heterocycles. The normalized spacial score (nSPS) is 12.6. The number of benzene rings is 1. The van der Waals surface area contributed by atoms with Crippen molar-refractivity contribution in [3.05, 3.63) is 180 Å². The zero-order valence-electron chi connectivity index (χ0n) is 72.9. The van der Waals surface area contributed by atoms with Crippen molar-refractivity contribution in [2.75, 3.05) is 119 Å². The molecule has 5 amide bonds. The first-order chi connectivity index (χ1) is 61.6. The molecule has 47 heteroatoms. The first-order valence-electron chi connectivity index (χ1n) is 40.2. The number of nitrogens with one attached hydrogen (secondary N) is 2. The third-order valence-corrected chi connectivity index (χ3v) is 24.2. The number of aryl methyl sites for hydroxylation is 5. The summed E-state index contributed by atoms with van der Waals surface area (Å²) < 4.78 is 218. The van der Waals surface area contributed by atoms with E-state index in [1.165, 1.54) is 63.6 Å². The fourth-order valence-electron chi connectivity index (χ4n) is 12.6. The van der Waals surface area contributed by atoms with Crippen molar-refractivity contribution in [3.63, 3.8) is 0 Å². The molecule has 1 aliphatic heterocycles. The van der Waals surface area contributed by atoms with Gasteiger partial charge in [-0.15, -0.1) is 56.7 Å². The summed E-state index contributed by atoms with van der Waals surface area (Å²) in [5.41, 5.74) is -2.46. The lowest BCUT2D eigenvalue weighted by Crippen LogP contribution is -2.38. The first kappa shape index (κ1) is 106. The molecule has 27 nitrogen and oxygen atoms in total. The standard InChI is InChI=1S/C21H20F3N3O3S.C18H24F3N3OS.C17H21F3N4O2S.C16H20F3N3O3S.C12H12F3N3O2S/c1-3-30-19(28)13-27(12-14-7-5-4-6-8-14)20(29)17-10-9-16(31-17)15-11-18(21(22,23)24)26(2)25-15;1-11(2)9-24(10-12(3)4)17(25)15-7-6-14(26-15)13-8-16(18(19,20)21)23(5)22-13;1-23-15(17(18,19)20)11-12(22-23)13-3-4-14(27-13)16(25)21-5-2-6-24-7-9-26-10-8-24;1-21-14(16(17,18)19)10-11(20-21)12-4-5-13(26-12)15(23)22(6-8-24-2)7-9-25-3;1-18-10(12(13,14)15)6-7(17-18)8-2-3-9(21-8)11(20)16-4-5-19/h4-11H,3,12-13H2,1-2H3;6-8,11-12H,9-10H2,1-5H3;3-4,11H,2,5-10H2,1H3,(H,21,25);4-5,10H,6-9H2,1-3H3;2-3,6,19H,4-5H2,1H3,(H,16,20). The second-order valence-corrected chi connectivity index (χ2v) is 35.2. The van der Waals surface area contributed by atoms with Gasteiger partial charge in [0.25, 0.3) is 29.5 Å². The number of morpholine rings is 1. The number of carbonyl (C=O) groups is 6. The van der Waals surface area contributed by atoms with Crippen molar-refractivity contribution in [2.45, 2.75) is 78.5 Å². The summed E-state index contributed by atoms with van der Waals surface area (Å²) in [5.74, 6) is -1.20. The molecule has 10 aromatic heterocycles. The number of esters is 1. The van der Waals surface area contributed by atoms with E-state index in [9.17, 15) is 94.6 Å². The van der Waals surface area contributed by atoms with Gasteiger partial charge in [-0.3, -0.25) is 57.1 Å². The summed E-state index contributed by atoms with van der Waals surface area (Å²) in [6.07, 6.45) is -21.6. The second kappa shape index (κ2) is 47.6. The van der Waals surface area contributed by atoms with Crippen LogP contribution in [0.1, 0.15) is 123 Å². The molecular formula is C84H97F15N16O11S5. The Bertz CT molecular complexity index is 5520. The topological polar surface area (TPSA) is 286 Å². The molecule has 1 aliphatic rings. The van der Waals surface area contributed by atoms with E-state index in [0.29, 0.717) is 102 Å². The lowest BCUT2D eigenvalue weighted by molar-refractivity contribution is -0.144. The molecule has 12 rings (SSSR count). The van der Waals surface area contributed by atoms with Crippen LogP contribution in [0.3, 0.4) is 0 Å². The Morgan fingerprint density at radius 3 is 1.07 bits per heavy atom. The van der Waals surface area contributed by atoms with Gasteiger partial charge in [0.15, 0.2) is 0 Å². The number of thiophene rings is 5. The minimum absolute atomic E-state index is 0.0874. The number of carbonyl (C=O) groups excluding carboxylic acids is 6. The van der Waals surface area contributed by atoms with Gasteiger partial charge in [-0.1, -0.05) is 58.0 Å². The number of ether oxygens (including phenoxy) is 4. The number of aliphatic hydroxyl groups excluding tert-OH is 1. The zero-order valence-corrected chi connectivity index (χ0v) is 77.0. The van der Waals surface area contributed by atoms with Crippen molar-refractivity contribution >= 4 is 92.2 Å². The number of methoxy groups -OCH3 is 2. The molecule has 1 aromatic carbocycles. The van der Waals surface area contributed by atoms with Gasteiger partial charge in [-0.05, 0) is 128 Å². The van der Waals surface area contributed by atoms with Crippen LogP contribution in [0, 0.1) is 11.8 Å². The van der Waals surface area contributed by atoms with Crippen molar-refractivity contribution in [3.8, 4) is 52.9 Å². The molecule has 714 valence electrons. The average Bonchev–Trinajstić information content (AvgIpc) is 1.68. The predicted octanol–water partition coefficient (Wildman–Crippen LogP) is 16.7. The molecule has 0 atom stereocenters. The maximum atomic E-state index is 13.1. The molecule has 11 aromatic rings. The highest BCUT2D eigenvalue weighted by molar-refractivity contribution is 7.18. The number of rotatable bonds is 31. The lowest BCUT2D eigenvalue weighted by Gasteiger charge is -2.26. The zero-order chi connectivity index (χ0) is 96.6. The fourth-order valence-corrected chi connectivity index (χ4v) is 17.1. The number of aromatic nitrogens is 10. The van der Waals surface area contributed by atoms with Crippen molar-refractivity contribution in [1.82, 2.24) is 79.1 Å². The van der Waals surface area contributed by atoms with Gasteiger partial charge < -0.3 is 49.4 Å². The molecule has 0 spiro atoms. The number of amides is 5. The summed E-state index contributed by atoms with van der Waals surface area (Å²) >= 11 is 5.47. The van der Waals surface area contributed by atoms with E-state index in [1.807, 2.05) is 62.9 Å². The Labute approximate surface area is 763 Å². The Balaban J connectivity index is 0.000000203. The highest BCUT2D eigenvalue weighted by Crippen LogP contribution is 2.41. The van der Waals surface area contributed by atoms with Crippen LogP contribution >= 0.6 is 56.7 Å². The van der Waals surface area contributed by atoms with Crippen LogP contribution in [0.4, 0.5) is 65.9 Å². The Kier molecular flexibility index (Phi) is 38.4. The van der Waals surface area contributed by atoms with Crippen LogP contribution in [0.15, 0.2) is 121 Å². The summed E-state index contributed by atoms with van der Waals surface area (Å²) in [6.45, 7) is 17.5. The highest BCUT2D eigenvalue weighted by atomic mass is 32.1. The highest BCUT2D eigenvalue weighted by Gasteiger charge is 2.40. The van der Waals surface area contributed by atoms with Crippen LogP contribution in [0.5, 0.6) is 0 Å². The number of nitrogens with zero attached hydrogens (tertiary/aromatic N) is 14. The second-order valence-electron chi connectivity index (χ2n) is 29.8. The van der Waals surface area contributed by atoms with Gasteiger partial charge in [0.2, 0.25) is 0 Å². The maximum Gasteiger partial charge on any atom is 0.433 e. The average molecular weight is 1950 g/mol. The summed E-state index contributed by atoms with van der Waals surface area (Å²) in [7, 11) is 9.27. The van der Waals surface area contributed by atoms with Gasteiger partial charge in [-0.2, -0.15) is 91.3 Å². The van der Waals surface area contributed by atoms with Gasteiger partial charge in [-0.25, -0.2) is 0 Å². The van der Waals surface area contributed by atoms with Gasteiger partial charge >= 0.3 is 36.9 Å². The lowest BCUT2D eigenvalue weighted by atomic mass is 10.1. The largest absolute Gasteiger partial charge is 0.465 e. The molecule has 0 bridgehead atoms. The minimum atomic E-state index is -4.53. The van der Waals surface area contributed by atoms with E-state index in [1.54, 1.807) is 74.6 Å². The third-order valence-electron chi connectivity index (χ3n) is 18.7. The van der Waals surface area contributed by atoms with Crippen molar-refractivity contribution < 1.29 is 119 Å². The smallest absolute Gasteiger partial charge is 0.433 e. The van der Waals surface area contributed by atoms with Gasteiger partial charge in [0, 0.05) is 108 Å². The Morgan fingerprint density at radius 1 is 0.450 bits per heavy atom. The molecule has 131 heavy (non-hydrogen) atoms. The van der Waals surface area contributed by atoms with Gasteiger partial charge in [0.1, 0.15) is 63.5 Å². The minimum Gasteiger partial charge on any atom is -0.465 e. The van der Waals surface area contributed by atoms with Crippen LogP contribution < -0.4 is 10.6 Å². The summed E-state index contributed by atoms with van der Waals surface area (Å²) in [6, 6.07) is 29.9. The fraction of sp³-hybridized carbons (Fsp3) is 0.440. The van der Waals surface area contributed by atoms with Crippen molar-refractivity contribution in [1.29, 1.82) is 0 Å². The van der Waals surface area contributed by atoms with Crippen LogP contribution in [0.25, 0.3) is 52.9 Å². The molecule has 1 fully saturated rings. The number of hydrogen-bond donors (Lipinski definition) is 3. The number of alkyl halides is 15. The first-order valence-corrected chi connectivity index (χ1v) is 44.3. The van der Waals surface area contributed by atoms with Crippen molar-refractivity contribution in [2.24, 2.45) is 47.1 Å². The van der Waals surface area contributed by atoms with Crippen LogP contribution in [-0.2, 0) is 96.4 Å². The molecule has 0 aliphatic carbocycles. The van der Waals surface area contributed by atoms with Crippen LogP contribution in [-0.4, -0.2) is 228 Å². The van der Waals surface area contributed by atoms with E-state index in [-0.39, 0.29) is 89.8 Å². The Hall–Kier alpha value is -10.7. The monoisotopic (exact) mass is 1950 g/mol. The quantitative estimate of drug-likeness (QED) is 0.0207. The number of aliphatic hydroxyl groups is 1. The van der Waals surface area contributed by atoms with E-state index in [0.717, 1.165) is 144 Å². The SMILES string of the molecule is CC(C)CN(CC(C)C)C(=O)c1ccc(-c2cc(C(F)(F)F)n(C)n2)s1.CCOC(=O)CN(Cc1ccccc1)C(=O)c1ccc(-c2cc(C(F)(F)F)n(C)n2)s1.COCCN(CCOC)C(=O)c1ccc(-c2cc(C(F)(F)F)n(C)n2)s1.Cn1nc(-c2ccc(C(=O)NCCCN3CCOCC3)s2)cc1C(F)(F)F.Cn1nc(-c2ccc(C(=O)NCCO)s2)cc1C(F)(F)F. The molecule has 3 N–H and O–H groups in total. The molecule has 0 radical (unpaired) electrons. The van der Waals surface area contributed by atoms with E-state index < -0.39 is 71.2 Å². The van der Waals surface area contributed by atoms with E-state index in [2.05, 4.69) is 41.0 Å². The Morgan fingerprint density at radius 2 is 0.763 bits per heavy atom. The van der Waals surface area contributed by atoms with Gasteiger partial charge in [0.05, 0.1) is 88.4 Å². The maximum absolute atomic E-state index is 13.1. The summed E-state index contributed by atoms with van der Waals surface area (Å²) in [4.78, 5) is 86.0. The molecule has 11 heterocycles. The van der Waals surface area contributed by atoms with E-state index >= 15 is 0 Å². The molecular weight excluding hydrogens is 1850 g/mol. The molecule has 0 saturated carbocycles. The number of hydrogen-bond acceptors (Lipinski definition) is 22. The van der Waals surface area contributed by atoms with Crippen LogP contribution in [0.2, 0.25) is 0 Å². The van der Waals surface area contributed by atoms with E-state index in [4.69, 9.17) is 24.1 Å². The summed E-state index contributed by atoms with van der Waals surface area (Å²) in [5, 5.41) is 33.4. The number of halogens is 15. The third kappa shape index (κ3) is 31.0. The predicted molar refractivity (Wildman–Crippen MR) is 464 cm³/mol. The molecule has 0 unspecified atom stereocenters.